The molecule has 158 valence electrons. The standard InChI is InChI=1S/C20H24O9/c1-24-13-7-10-14(22)11(8-29-16(10)20(28-5)18(13)26-3)9-6-12(21)17(25-2)19(27-4)15(9)23/h6-7,11,14,21-23H,8H2,1-5H3/t11-,14+/m1/s1. The van der Waals surface area contributed by atoms with Crippen molar-refractivity contribution in [3.05, 3.63) is 23.3 Å². The number of ether oxygens (including phenoxy) is 6. The third-order valence-corrected chi connectivity index (χ3v) is 4.95. The zero-order chi connectivity index (χ0) is 21.3. The molecule has 0 aliphatic carbocycles. The fourth-order valence-electron chi connectivity index (χ4n) is 3.56. The summed E-state index contributed by atoms with van der Waals surface area (Å²) in [5, 5.41) is 32.0. The quantitative estimate of drug-likeness (QED) is 0.619. The third-order valence-electron chi connectivity index (χ3n) is 4.95. The zero-order valence-corrected chi connectivity index (χ0v) is 16.8. The molecule has 0 radical (unpaired) electrons. The molecule has 0 fully saturated rings. The van der Waals surface area contributed by atoms with Crippen LogP contribution in [0.1, 0.15) is 23.1 Å². The molecule has 9 heteroatoms. The molecular weight excluding hydrogens is 384 g/mol. The molecule has 1 aliphatic rings. The highest BCUT2D eigenvalue weighted by molar-refractivity contribution is 5.66. The van der Waals surface area contributed by atoms with Gasteiger partial charge in [0.15, 0.2) is 23.0 Å². The first-order chi connectivity index (χ1) is 13.9. The van der Waals surface area contributed by atoms with E-state index in [-0.39, 0.29) is 35.2 Å². The van der Waals surface area contributed by atoms with Crippen LogP contribution in [0.4, 0.5) is 0 Å². The average Bonchev–Trinajstić information content (AvgIpc) is 2.73. The Morgan fingerprint density at radius 2 is 1.41 bits per heavy atom. The van der Waals surface area contributed by atoms with Crippen molar-refractivity contribution in [3.8, 4) is 46.0 Å². The largest absolute Gasteiger partial charge is 0.504 e. The Bertz CT molecular complexity index is 910. The number of hydrogen-bond donors (Lipinski definition) is 3. The molecule has 1 aliphatic heterocycles. The highest BCUT2D eigenvalue weighted by Gasteiger charge is 2.38. The van der Waals surface area contributed by atoms with Gasteiger partial charge >= 0.3 is 0 Å². The van der Waals surface area contributed by atoms with Crippen molar-refractivity contribution in [1.82, 2.24) is 0 Å². The summed E-state index contributed by atoms with van der Waals surface area (Å²) in [7, 11) is 7.08. The highest BCUT2D eigenvalue weighted by atomic mass is 16.5. The lowest BCUT2D eigenvalue weighted by molar-refractivity contribution is 0.0842. The number of hydrogen-bond acceptors (Lipinski definition) is 9. The first kappa shape index (κ1) is 20.5. The summed E-state index contributed by atoms with van der Waals surface area (Å²) < 4.78 is 32.2. The van der Waals surface area contributed by atoms with E-state index in [4.69, 9.17) is 28.4 Å². The van der Waals surface area contributed by atoms with Crippen LogP contribution in [0.5, 0.6) is 46.0 Å². The molecule has 0 amide bonds. The second kappa shape index (κ2) is 8.04. The van der Waals surface area contributed by atoms with Crippen LogP contribution in [-0.4, -0.2) is 57.5 Å². The minimum atomic E-state index is -1.10. The van der Waals surface area contributed by atoms with E-state index in [1.807, 2.05) is 0 Å². The lowest BCUT2D eigenvalue weighted by Gasteiger charge is -2.33. The van der Waals surface area contributed by atoms with E-state index in [1.54, 1.807) is 6.07 Å². The Hall–Kier alpha value is -3.20. The van der Waals surface area contributed by atoms with Gasteiger partial charge in [0.25, 0.3) is 0 Å². The van der Waals surface area contributed by atoms with Gasteiger partial charge in [0.05, 0.1) is 54.2 Å². The van der Waals surface area contributed by atoms with Gasteiger partial charge in [-0.15, -0.1) is 0 Å². The summed E-state index contributed by atoms with van der Waals surface area (Å²) in [6.45, 7) is 0.00247. The van der Waals surface area contributed by atoms with Gasteiger partial charge < -0.3 is 43.7 Å². The van der Waals surface area contributed by atoms with Crippen molar-refractivity contribution in [1.29, 1.82) is 0 Å². The monoisotopic (exact) mass is 408 g/mol. The topological polar surface area (TPSA) is 116 Å². The van der Waals surface area contributed by atoms with Crippen LogP contribution in [0, 0.1) is 0 Å². The van der Waals surface area contributed by atoms with Crippen LogP contribution in [0.15, 0.2) is 12.1 Å². The number of aliphatic hydroxyl groups excluding tert-OH is 1. The molecule has 29 heavy (non-hydrogen) atoms. The van der Waals surface area contributed by atoms with Crippen LogP contribution < -0.4 is 28.4 Å². The predicted molar refractivity (Wildman–Crippen MR) is 102 cm³/mol. The lowest BCUT2D eigenvalue weighted by atomic mass is 9.86. The second-order valence-corrected chi connectivity index (χ2v) is 6.33. The smallest absolute Gasteiger partial charge is 0.207 e. The first-order valence-corrected chi connectivity index (χ1v) is 8.73. The number of aliphatic hydroxyl groups is 1. The summed E-state index contributed by atoms with van der Waals surface area (Å²) in [4.78, 5) is 0. The number of aromatic hydroxyl groups is 2. The van der Waals surface area contributed by atoms with E-state index in [0.29, 0.717) is 28.6 Å². The maximum absolute atomic E-state index is 11.1. The predicted octanol–water partition coefficient (Wildman–Crippen LogP) is 2.35. The molecule has 0 unspecified atom stereocenters. The van der Waals surface area contributed by atoms with Crippen LogP contribution >= 0.6 is 0 Å². The molecule has 2 aromatic rings. The van der Waals surface area contributed by atoms with Gasteiger partial charge in [-0.1, -0.05) is 0 Å². The van der Waals surface area contributed by atoms with Crippen LogP contribution in [0.2, 0.25) is 0 Å². The number of phenolic OH excluding ortho intramolecular Hbond substituents is 2. The number of rotatable bonds is 6. The van der Waals surface area contributed by atoms with E-state index in [1.165, 1.54) is 41.6 Å². The maximum Gasteiger partial charge on any atom is 0.207 e. The van der Waals surface area contributed by atoms with Crippen molar-refractivity contribution >= 4 is 0 Å². The SMILES string of the molecule is COc1cc2c(c(OC)c1OC)OC[C@H](c1cc(O)c(OC)c(OC)c1O)[C@H]2O. The highest BCUT2D eigenvalue weighted by Crippen LogP contribution is 2.55. The molecule has 0 saturated carbocycles. The third kappa shape index (κ3) is 3.17. The van der Waals surface area contributed by atoms with Crippen LogP contribution in [0.3, 0.4) is 0 Å². The molecule has 2 aromatic carbocycles. The molecule has 0 aromatic heterocycles. The van der Waals surface area contributed by atoms with Crippen LogP contribution in [-0.2, 0) is 0 Å². The fraction of sp³-hybridized carbons (Fsp3) is 0.400. The summed E-state index contributed by atoms with van der Waals surface area (Å²) in [5.74, 6) is 0.0502. The number of methoxy groups -OCH3 is 5. The molecule has 3 N–H and O–H groups in total. The van der Waals surface area contributed by atoms with Crippen molar-refractivity contribution in [3.63, 3.8) is 0 Å². The summed E-state index contributed by atoms with van der Waals surface area (Å²) in [6.07, 6.45) is -1.10. The van der Waals surface area contributed by atoms with Crippen molar-refractivity contribution in [2.75, 3.05) is 42.2 Å². The number of phenols is 2. The average molecular weight is 408 g/mol. The fourth-order valence-corrected chi connectivity index (χ4v) is 3.56. The Balaban J connectivity index is 2.14. The minimum absolute atomic E-state index is 0.00247. The Morgan fingerprint density at radius 1 is 0.793 bits per heavy atom. The zero-order valence-electron chi connectivity index (χ0n) is 16.8. The Labute approximate surface area is 167 Å². The molecular formula is C20H24O9. The van der Waals surface area contributed by atoms with Crippen molar-refractivity contribution in [2.24, 2.45) is 0 Å². The van der Waals surface area contributed by atoms with Crippen LogP contribution in [0.25, 0.3) is 0 Å². The van der Waals surface area contributed by atoms with E-state index >= 15 is 0 Å². The minimum Gasteiger partial charge on any atom is -0.504 e. The summed E-state index contributed by atoms with van der Waals surface area (Å²) >= 11 is 0. The van der Waals surface area contributed by atoms with E-state index in [9.17, 15) is 15.3 Å². The number of fused-ring (bicyclic) bond motifs is 1. The first-order valence-electron chi connectivity index (χ1n) is 8.73. The Kier molecular flexibility index (Phi) is 5.69. The molecule has 9 nitrogen and oxygen atoms in total. The second-order valence-electron chi connectivity index (χ2n) is 6.33. The van der Waals surface area contributed by atoms with Gasteiger partial charge in [0.2, 0.25) is 23.0 Å². The lowest BCUT2D eigenvalue weighted by Crippen LogP contribution is -2.25. The van der Waals surface area contributed by atoms with Gasteiger partial charge in [-0.3, -0.25) is 0 Å². The van der Waals surface area contributed by atoms with Crippen molar-refractivity contribution in [2.45, 2.75) is 12.0 Å². The summed E-state index contributed by atoms with van der Waals surface area (Å²) in [5.41, 5.74) is 0.636. The molecule has 3 rings (SSSR count). The summed E-state index contributed by atoms with van der Waals surface area (Å²) in [6, 6.07) is 2.90. The normalized spacial score (nSPS) is 17.7. The maximum atomic E-state index is 11.1. The van der Waals surface area contributed by atoms with E-state index in [2.05, 4.69) is 0 Å². The van der Waals surface area contributed by atoms with E-state index in [0.717, 1.165) is 0 Å². The molecule has 2 atom stereocenters. The van der Waals surface area contributed by atoms with Gasteiger partial charge in [0, 0.05) is 11.1 Å². The number of benzene rings is 2. The van der Waals surface area contributed by atoms with Gasteiger partial charge in [0.1, 0.15) is 0 Å². The van der Waals surface area contributed by atoms with Gasteiger partial charge in [-0.05, 0) is 12.1 Å². The molecule has 0 bridgehead atoms. The molecule has 0 saturated heterocycles. The van der Waals surface area contributed by atoms with Gasteiger partial charge in [-0.2, -0.15) is 0 Å². The molecule has 1 heterocycles. The van der Waals surface area contributed by atoms with E-state index < -0.39 is 12.0 Å². The van der Waals surface area contributed by atoms with Gasteiger partial charge in [-0.25, -0.2) is 0 Å². The molecule has 0 spiro atoms. The van der Waals surface area contributed by atoms with Crippen molar-refractivity contribution < 1.29 is 43.7 Å². The Morgan fingerprint density at radius 3 is 1.97 bits per heavy atom.